The molecule has 0 saturated heterocycles. The van der Waals surface area contributed by atoms with Crippen LogP contribution in [-0.4, -0.2) is 20.1 Å². The van der Waals surface area contributed by atoms with E-state index in [4.69, 9.17) is 5.11 Å². The van der Waals surface area contributed by atoms with Crippen molar-refractivity contribution in [1.29, 1.82) is 0 Å². The zero-order chi connectivity index (χ0) is 12.5. The van der Waals surface area contributed by atoms with Crippen LogP contribution in [0.15, 0.2) is 30.5 Å². The quantitative estimate of drug-likeness (QED) is 0.874. The molecule has 0 saturated carbocycles. The first kappa shape index (κ1) is 11.6. The van der Waals surface area contributed by atoms with Gasteiger partial charge in [0.1, 0.15) is 5.69 Å². The zero-order valence-corrected chi connectivity index (χ0v) is 8.52. The van der Waals surface area contributed by atoms with E-state index >= 15 is 0 Å². The summed E-state index contributed by atoms with van der Waals surface area (Å²) in [6.45, 7) is -0.263. The molecule has 7 heteroatoms. The highest BCUT2D eigenvalue weighted by atomic mass is 19.4. The van der Waals surface area contributed by atoms with Gasteiger partial charge >= 0.3 is 6.18 Å². The third-order valence-corrected chi connectivity index (χ3v) is 2.13. The fourth-order valence-corrected chi connectivity index (χ4v) is 1.28. The van der Waals surface area contributed by atoms with Gasteiger partial charge in [-0.25, -0.2) is 0 Å². The van der Waals surface area contributed by atoms with Gasteiger partial charge in [0.05, 0.1) is 24.1 Å². The van der Waals surface area contributed by atoms with Gasteiger partial charge < -0.3 is 5.11 Å². The minimum atomic E-state index is -4.35. The second-order valence-electron chi connectivity index (χ2n) is 3.33. The summed E-state index contributed by atoms with van der Waals surface area (Å²) in [5.41, 5.74) is 0.0263. The van der Waals surface area contributed by atoms with Crippen LogP contribution in [0.3, 0.4) is 0 Å². The summed E-state index contributed by atoms with van der Waals surface area (Å²) in [6, 6.07) is 4.45. The fraction of sp³-hybridized carbons (Fsp3) is 0.200. The lowest BCUT2D eigenvalue weighted by Gasteiger charge is -2.06. The summed E-state index contributed by atoms with van der Waals surface area (Å²) in [7, 11) is 0. The molecule has 0 aliphatic heterocycles. The molecular weight excluding hydrogens is 235 g/mol. The first-order valence-electron chi connectivity index (χ1n) is 4.70. The lowest BCUT2D eigenvalue weighted by atomic mass is 10.2. The predicted molar refractivity (Wildman–Crippen MR) is 52.3 cm³/mol. The van der Waals surface area contributed by atoms with Gasteiger partial charge in [0.2, 0.25) is 0 Å². The Morgan fingerprint density at radius 3 is 2.29 bits per heavy atom. The molecule has 0 spiro atoms. The minimum absolute atomic E-state index is 0.263. The minimum Gasteiger partial charge on any atom is -0.390 e. The summed E-state index contributed by atoms with van der Waals surface area (Å²) in [5, 5.41) is 16.5. The first-order valence-corrected chi connectivity index (χ1v) is 4.70. The highest BCUT2D eigenvalue weighted by molar-refractivity contribution is 5.33. The Bertz CT molecular complexity index is 504. The van der Waals surface area contributed by atoms with Gasteiger partial charge in [0, 0.05) is 0 Å². The van der Waals surface area contributed by atoms with Crippen molar-refractivity contribution < 1.29 is 18.3 Å². The van der Waals surface area contributed by atoms with E-state index in [1.807, 2.05) is 0 Å². The van der Waals surface area contributed by atoms with Crippen molar-refractivity contribution in [1.82, 2.24) is 15.0 Å². The molecule has 90 valence electrons. The second-order valence-corrected chi connectivity index (χ2v) is 3.33. The lowest BCUT2D eigenvalue weighted by Crippen LogP contribution is -2.06. The highest BCUT2D eigenvalue weighted by Crippen LogP contribution is 2.29. The zero-order valence-electron chi connectivity index (χ0n) is 8.52. The number of alkyl halides is 3. The van der Waals surface area contributed by atoms with Crippen LogP contribution in [0.4, 0.5) is 13.2 Å². The maximum Gasteiger partial charge on any atom is 0.416 e. The molecule has 0 fully saturated rings. The molecule has 0 atom stereocenters. The molecular formula is C10H8F3N3O. The molecule has 0 amide bonds. The van der Waals surface area contributed by atoms with Gasteiger partial charge in [0.15, 0.2) is 0 Å². The molecule has 1 aromatic carbocycles. The average Bonchev–Trinajstić information content (AvgIpc) is 2.76. The SMILES string of the molecule is OCc1cnn(-c2ccc(C(F)(F)F)cc2)n1. The maximum atomic E-state index is 12.3. The van der Waals surface area contributed by atoms with Crippen molar-refractivity contribution in [3.8, 4) is 5.69 Å². The Labute approximate surface area is 94.3 Å². The van der Waals surface area contributed by atoms with E-state index in [1.54, 1.807) is 0 Å². The summed E-state index contributed by atoms with van der Waals surface area (Å²) < 4.78 is 36.9. The van der Waals surface area contributed by atoms with Crippen molar-refractivity contribution in [2.75, 3.05) is 0 Å². The van der Waals surface area contributed by atoms with E-state index in [0.717, 1.165) is 16.9 Å². The van der Waals surface area contributed by atoms with Crippen LogP contribution in [0, 0.1) is 0 Å². The average molecular weight is 243 g/mol. The molecule has 1 aromatic heterocycles. The number of aliphatic hydroxyl groups excluding tert-OH is 1. The predicted octanol–water partition coefficient (Wildman–Crippen LogP) is 1.78. The summed E-state index contributed by atoms with van der Waals surface area (Å²) >= 11 is 0. The summed E-state index contributed by atoms with van der Waals surface area (Å²) in [6.07, 6.45) is -3.01. The van der Waals surface area contributed by atoms with Crippen LogP contribution in [0.5, 0.6) is 0 Å². The fourth-order valence-electron chi connectivity index (χ4n) is 1.28. The van der Waals surface area contributed by atoms with Crippen LogP contribution in [0.2, 0.25) is 0 Å². The number of aliphatic hydroxyl groups is 1. The molecule has 0 aliphatic rings. The molecule has 0 aliphatic carbocycles. The number of hydrogen-bond acceptors (Lipinski definition) is 3. The van der Waals surface area contributed by atoms with Crippen LogP contribution < -0.4 is 0 Å². The van der Waals surface area contributed by atoms with Gasteiger partial charge in [-0.3, -0.25) is 0 Å². The van der Waals surface area contributed by atoms with Gasteiger partial charge in [-0.15, -0.1) is 0 Å². The van der Waals surface area contributed by atoms with Crippen molar-refractivity contribution in [2.45, 2.75) is 12.8 Å². The molecule has 1 N–H and O–H groups in total. The molecule has 2 aromatic rings. The van der Waals surface area contributed by atoms with Crippen molar-refractivity contribution >= 4 is 0 Å². The summed E-state index contributed by atoms with van der Waals surface area (Å²) in [5.74, 6) is 0. The van der Waals surface area contributed by atoms with Gasteiger partial charge in [-0.1, -0.05) is 0 Å². The third-order valence-electron chi connectivity index (χ3n) is 2.13. The van der Waals surface area contributed by atoms with Crippen LogP contribution in [0.1, 0.15) is 11.3 Å². The van der Waals surface area contributed by atoms with Crippen LogP contribution in [0.25, 0.3) is 5.69 Å². The van der Waals surface area contributed by atoms with E-state index in [-0.39, 0.29) is 6.61 Å². The van der Waals surface area contributed by atoms with E-state index < -0.39 is 11.7 Å². The summed E-state index contributed by atoms with van der Waals surface area (Å²) in [4.78, 5) is 1.16. The van der Waals surface area contributed by atoms with Gasteiger partial charge in [-0.2, -0.15) is 28.2 Å². The number of nitrogens with zero attached hydrogens (tertiary/aromatic N) is 3. The number of aromatic nitrogens is 3. The van der Waals surface area contributed by atoms with E-state index in [1.165, 1.54) is 18.3 Å². The Kier molecular flexibility index (Phi) is 2.84. The standard InChI is InChI=1S/C10H8F3N3O/c11-10(12,13)7-1-3-9(4-2-7)16-14-5-8(6-17)15-16/h1-5,17H,6H2. The largest absolute Gasteiger partial charge is 0.416 e. The molecule has 0 unspecified atom stereocenters. The van der Waals surface area contributed by atoms with Crippen molar-refractivity contribution in [3.05, 3.63) is 41.7 Å². The van der Waals surface area contributed by atoms with Gasteiger partial charge in [0.25, 0.3) is 0 Å². The molecule has 1 heterocycles. The first-order chi connectivity index (χ1) is 8.00. The highest BCUT2D eigenvalue weighted by Gasteiger charge is 2.30. The Hall–Kier alpha value is -1.89. The number of halogens is 3. The van der Waals surface area contributed by atoms with E-state index in [2.05, 4.69) is 10.2 Å². The maximum absolute atomic E-state index is 12.3. The van der Waals surface area contributed by atoms with E-state index in [9.17, 15) is 13.2 Å². The van der Waals surface area contributed by atoms with Gasteiger partial charge in [-0.05, 0) is 24.3 Å². The number of rotatable bonds is 2. The number of benzene rings is 1. The normalized spacial score (nSPS) is 11.8. The van der Waals surface area contributed by atoms with Crippen molar-refractivity contribution in [3.63, 3.8) is 0 Å². The van der Waals surface area contributed by atoms with Crippen LogP contribution >= 0.6 is 0 Å². The monoisotopic (exact) mass is 243 g/mol. The molecule has 4 nitrogen and oxygen atoms in total. The lowest BCUT2D eigenvalue weighted by molar-refractivity contribution is -0.137. The molecule has 0 bridgehead atoms. The van der Waals surface area contributed by atoms with Crippen molar-refractivity contribution in [2.24, 2.45) is 0 Å². The smallest absolute Gasteiger partial charge is 0.390 e. The van der Waals surface area contributed by atoms with Crippen LogP contribution in [-0.2, 0) is 12.8 Å². The topological polar surface area (TPSA) is 50.9 Å². The Balaban J connectivity index is 2.29. The Morgan fingerprint density at radius 1 is 1.18 bits per heavy atom. The Morgan fingerprint density at radius 2 is 1.82 bits per heavy atom. The molecule has 17 heavy (non-hydrogen) atoms. The third kappa shape index (κ3) is 2.44. The second kappa shape index (κ2) is 4.17. The molecule has 0 radical (unpaired) electrons. The van der Waals surface area contributed by atoms with E-state index in [0.29, 0.717) is 11.4 Å². The molecule has 2 rings (SSSR count). The number of hydrogen-bond donors (Lipinski definition) is 1.